The SMILES string of the molecule is CC(C)(Sc1cc2c(s1)-c1sc([Si](C)(C)c3ccccc3)cc1C2(C)C)c1ccccc1. The number of rotatable bonds is 5. The number of hydrogen-bond acceptors (Lipinski definition) is 3. The molecule has 0 atom stereocenters. The predicted molar refractivity (Wildman–Crippen MR) is 148 cm³/mol. The van der Waals surface area contributed by atoms with Crippen molar-refractivity contribution in [3.05, 3.63) is 89.5 Å². The van der Waals surface area contributed by atoms with Gasteiger partial charge in [0.15, 0.2) is 0 Å². The smallest absolute Gasteiger partial charge is 0.124 e. The normalized spacial score (nSPS) is 14.9. The Balaban J connectivity index is 1.52. The second-order valence-corrected chi connectivity index (χ2v) is 19.0. The molecular weight excluding hydrogens is 461 g/mol. The van der Waals surface area contributed by atoms with Crippen LogP contribution in [0.3, 0.4) is 0 Å². The molecular formula is C28H30S3Si. The molecule has 0 fully saturated rings. The zero-order chi connectivity index (χ0) is 22.7. The van der Waals surface area contributed by atoms with Crippen LogP contribution in [0.25, 0.3) is 9.75 Å². The molecule has 1 aliphatic carbocycles. The van der Waals surface area contributed by atoms with Gasteiger partial charge in [0.05, 0.1) is 4.21 Å². The van der Waals surface area contributed by atoms with Gasteiger partial charge in [0.25, 0.3) is 0 Å². The lowest BCUT2D eigenvalue weighted by molar-refractivity contribution is 0.662. The van der Waals surface area contributed by atoms with E-state index in [2.05, 4.69) is 125 Å². The second-order valence-electron chi connectivity index (χ2n) is 10.3. The highest BCUT2D eigenvalue weighted by Crippen LogP contribution is 2.57. The van der Waals surface area contributed by atoms with E-state index < -0.39 is 8.07 Å². The minimum absolute atomic E-state index is 0.0512. The molecule has 164 valence electrons. The van der Waals surface area contributed by atoms with Gasteiger partial charge in [0.1, 0.15) is 8.07 Å². The summed E-state index contributed by atoms with van der Waals surface area (Å²) in [4.78, 5) is 3.02. The molecule has 0 nitrogen and oxygen atoms in total. The molecule has 0 aliphatic heterocycles. The maximum atomic E-state index is 2.55. The number of hydrogen-bond donors (Lipinski definition) is 0. The van der Waals surface area contributed by atoms with Crippen molar-refractivity contribution in [2.75, 3.05) is 0 Å². The van der Waals surface area contributed by atoms with Crippen LogP contribution in [0, 0.1) is 0 Å². The highest BCUT2D eigenvalue weighted by atomic mass is 32.2. The van der Waals surface area contributed by atoms with Crippen molar-refractivity contribution < 1.29 is 0 Å². The first-order chi connectivity index (χ1) is 15.1. The van der Waals surface area contributed by atoms with Crippen molar-refractivity contribution in [3.8, 4) is 9.75 Å². The van der Waals surface area contributed by atoms with Gasteiger partial charge < -0.3 is 0 Å². The van der Waals surface area contributed by atoms with E-state index in [-0.39, 0.29) is 10.2 Å². The first-order valence-corrected chi connectivity index (χ1v) is 16.7. The molecule has 2 aromatic carbocycles. The van der Waals surface area contributed by atoms with Crippen molar-refractivity contribution in [2.45, 2.75) is 55.2 Å². The largest absolute Gasteiger partial charge is 0.143 e. The predicted octanol–water partition coefficient (Wildman–Crippen LogP) is 7.97. The average molecular weight is 491 g/mol. The van der Waals surface area contributed by atoms with Crippen LogP contribution in [0.15, 0.2) is 77.0 Å². The summed E-state index contributed by atoms with van der Waals surface area (Å²) in [5.41, 5.74) is 4.51. The fraction of sp³-hybridized carbons (Fsp3) is 0.286. The van der Waals surface area contributed by atoms with Crippen molar-refractivity contribution in [3.63, 3.8) is 0 Å². The minimum Gasteiger partial charge on any atom is -0.143 e. The van der Waals surface area contributed by atoms with E-state index >= 15 is 0 Å². The number of thioether (sulfide) groups is 1. The van der Waals surface area contributed by atoms with Crippen molar-refractivity contribution in [1.82, 2.24) is 0 Å². The molecule has 4 aromatic rings. The van der Waals surface area contributed by atoms with Gasteiger partial charge in [-0.15, -0.1) is 34.4 Å². The van der Waals surface area contributed by atoms with Crippen LogP contribution in [0.4, 0.5) is 0 Å². The maximum Gasteiger partial charge on any atom is 0.124 e. The van der Waals surface area contributed by atoms with Gasteiger partial charge in [-0.1, -0.05) is 92.8 Å². The molecule has 0 bridgehead atoms. The molecule has 0 spiro atoms. The summed E-state index contributed by atoms with van der Waals surface area (Å²) in [6.45, 7) is 14.5. The standard InChI is InChI=1S/C28H30S3Si/c1-27(2)21-17-23(31-28(3,4)19-13-9-7-10-14-19)29-25(21)26-22(27)18-24(30-26)32(5,6)20-15-11-8-12-16-20/h7-18H,1-6H3. The van der Waals surface area contributed by atoms with E-state index in [1.165, 1.54) is 35.8 Å². The molecule has 2 heterocycles. The lowest BCUT2D eigenvalue weighted by atomic mass is 9.84. The Labute approximate surface area is 205 Å². The Morgan fingerprint density at radius 2 is 1.34 bits per heavy atom. The molecule has 0 radical (unpaired) electrons. The Morgan fingerprint density at radius 1 is 0.781 bits per heavy atom. The zero-order valence-electron chi connectivity index (χ0n) is 19.7. The van der Waals surface area contributed by atoms with E-state index in [0.717, 1.165) is 0 Å². The topological polar surface area (TPSA) is 0 Å². The molecule has 4 heteroatoms. The summed E-state index contributed by atoms with van der Waals surface area (Å²) in [7, 11) is -1.69. The van der Waals surface area contributed by atoms with Crippen LogP contribution in [-0.2, 0) is 10.2 Å². The highest BCUT2D eigenvalue weighted by Gasteiger charge is 2.42. The van der Waals surface area contributed by atoms with Gasteiger partial charge in [-0.25, -0.2) is 0 Å². The summed E-state index contributed by atoms with van der Waals surface area (Å²) in [5, 5.41) is 1.52. The fourth-order valence-corrected chi connectivity index (χ4v) is 12.4. The van der Waals surface area contributed by atoms with Gasteiger partial charge in [-0.05, 0) is 47.2 Å². The molecule has 0 saturated heterocycles. The lowest BCUT2D eigenvalue weighted by Gasteiger charge is -2.24. The van der Waals surface area contributed by atoms with Crippen molar-refractivity contribution in [2.24, 2.45) is 0 Å². The fourth-order valence-electron chi connectivity index (χ4n) is 4.68. The second kappa shape index (κ2) is 7.73. The van der Waals surface area contributed by atoms with Gasteiger partial charge >= 0.3 is 0 Å². The van der Waals surface area contributed by atoms with E-state index in [0.29, 0.717) is 0 Å². The summed E-state index contributed by atoms with van der Waals surface area (Å²) in [6.07, 6.45) is 0. The highest BCUT2D eigenvalue weighted by molar-refractivity contribution is 8.02. The van der Waals surface area contributed by atoms with Crippen LogP contribution in [0.1, 0.15) is 44.4 Å². The quantitative estimate of drug-likeness (QED) is 0.202. The summed E-state index contributed by atoms with van der Waals surface area (Å²) >= 11 is 6.06. The average Bonchev–Trinajstić information content (AvgIpc) is 3.44. The van der Waals surface area contributed by atoms with Crippen LogP contribution < -0.4 is 9.69 Å². The number of thiophene rings is 2. The molecule has 0 saturated carbocycles. The number of fused-ring (bicyclic) bond motifs is 3. The molecule has 0 unspecified atom stereocenters. The third-order valence-electron chi connectivity index (χ3n) is 6.93. The van der Waals surface area contributed by atoms with Gasteiger partial charge in [-0.2, -0.15) is 0 Å². The maximum absolute atomic E-state index is 2.55. The molecule has 32 heavy (non-hydrogen) atoms. The lowest BCUT2D eigenvalue weighted by Crippen LogP contribution is -2.51. The van der Waals surface area contributed by atoms with Gasteiger partial charge in [0, 0.05) is 19.9 Å². The van der Waals surface area contributed by atoms with Crippen LogP contribution in [0.2, 0.25) is 13.1 Å². The van der Waals surface area contributed by atoms with E-state index in [1.807, 2.05) is 23.1 Å². The first kappa shape index (κ1) is 22.2. The summed E-state index contributed by atoms with van der Waals surface area (Å²) in [6, 6.07) is 27.0. The summed E-state index contributed by atoms with van der Waals surface area (Å²) in [5.74, 6) is 0. The monoisotopic (exact) mass is 490 g/mol. The van der Waals surface area contributed by atoms with Crippen LogP contribution >= 0.6 is 34.4 Å². The van der Waals surface area contributed by atoms with Crippen molar-refractivity contribution in [1.29, 1.82) is 0 Å². The minimum atomic E-state index is -1.69. The molecule has 0 N–H and O–H groups in total. The zero-order valence-corrected chi connectivity index (χ0v) is 23.1. The molecule has 2 aromatic heterocycles. The van der Waals surface area contributed by atoms with Crippen LogP contribution in [-0.4, -0.2) is 8.07 Å². The Hall–Kier alpha value is -1.59. The van der Waals surface area contributed by atoms with E-state index in [9.17, 15) is 0 Å². The third-order valence-corrected chi connectivity index (χ3v) is 15.5. The Kier molecular flexibility index (Phi) is 5.37. The first-order valence-electron chi connectivity index (χ1n) is 11.2. The molecule has 5 rings (SSSR count). The van der Waals surface area contributed by atoms with E-state index in [1.54, 1.807) is 4.50 Å². The molecule has 0 amide bonds. The summed E-state index contributed by atoms with van der Waals surface area (Å²) < 4.78 is 3.08. The Morgan fingerprint density at radius 3 is 2.00 bits per heavy atom. The van der Waals surface area contributed by atoms with Crippen LogP contribution in [0.5, 0.6) is 0 Å². The third kappa shape index (κ3) is 3.56. The van der Waals surface area contributed by atoms with Gasteiger partial charge in [-0.3, -0.25) is 0 Å². The molecule has 1 aliphatic rings. The van der Waals surface area contributed by atoms with Gasteiger partial charge in [0.2, 0.25) is 0 Å². The Bertz CT molecular complexity index is 1260. The van der Waals surface area contributed by atoms with Crippen molar-refractivity contribution >= 4 is 52.2 Å². The number of benzene rings is 2. The van der Waals surface area contributed by atoms with E-state index in [4.69, 9.17) is 0 Å².